The van der Waals surface area contributed by atoms with Crippen LogP contribution in [0.3, 0.4) is 0 Å². The normalized spacial score (nSPS) is 14.9. The van der Waals surface area contributed by atoms with Crippen molar-refractivity contribution >= 4 is 11.3 Å². The fourth-order valence-electron chi connectivity index (χ4n) is 1.75. The van der Waals surface area contributed by atoms with Gasteiger partial charge in [0.25, 0.3) is 0 Å². The molecule has 0 atom stereocenters. The Hall–Kier alpha value is -0.820. The maximum absolute atomic E-state index is 5.35. The molecule has 2 N–H and O–H groups in total. The number of nitrogens with zero attached hydrogens (tertiary/aromatic N) is 1. The Morgan fingerprint density at radius 1 is 1.56 bits per heavy atom. The summed E-state index contributed by atoms with van der Waals surface area (Å²) in [5.41, 5.74) is 6.45. The molecule has 1 aliphatic carbocycles. The molecule has 0 spiro atoms. The van der Waals surface area contributed by atoms with Crippen LogP contribution in [0.5, 0.6) is 0 Å². The Kier molecular flexibility index (Phi) is 4.00. The highest BCUT2D eigenvalue weighted by Crippen LogP contribution is 2.30. The quantitative estimate of drug-likeness (QED) is 0.806. The standard InChI is InChI=1S/C13H18N2S/c1-15(8-11-4-5-11)9-13-7-12(10-16-13)3-2-6-14/h7,10-11H,4-6,8-9,14H2,1H3. The van der Waals surface area contributed by atoms with Gasteiger partial charge in [-0.2, -0.15) is 0 Å². The lowest BCUT2D eigenvalue weighted by molar-refractivity contribution is 0.316. The van der Waals surface area contributed by atoms with Crippen molar-refractivity contribution in [2.24, 2.45) is 11.7 Å². The van der Waals surface area contributed by atoms with Crippen LogP contribution in [0.2, 0.25) is 0 Å². The van der Waals surface area contributed by atoms with Crippen molar-refractivity contribution in [2.45, 2.75) is 19.4 Å². The van der Waals surface area contributed by atoms with E-state index in [0.717, 1.165) is 18.0 Å². The minimum atomic E-state index is 0.437. The summed E-state index contributed by atoms with van der Waals surface area (Å²) in [6.45, 7) is 2.72. The molecular formula is C13H18N2S. The van der Waals surface area contributed by atoms with Crippen LogP contribution in [-0.4, -0.2) is 25.0 Å². The SMILES string of the molecule is CN(Cc1cc(C#CCN)cs1)CC1CC1. The molecule has 0 aliphatic heterocycles. The fourth-order valence-corrected chi connectivity index (χ4v) is 2.65. The van der Waals surface area contributed by atoms with Crippen LogP contribution in [0, 0.1) is 17.8 Å². The Labute approximate surface area is 101 Å². The van der Waals surface area contributed by atoms with E-state index in [1.807, 2.05) is 0 Å². The van der Waals surface area contributed by atoms with Crippen molar-refractivity contribution < 1.29 is 0 Å². The van der Waals surface area contributed by atoms with E-state index >= 15 is 0 Å². The summed E-state index contributed by atoms with van der Waals surface area (Å²) < 4.78 is 0. The summed E-state index contributed by atoms with van der Waals surface area (Å²) in [6.07, 6.45) is 2.84. The molecule has 0 radical (unpaired) electrons. The molecule has 0 saturated heterocycles. The first kappa shape index (κ1) is 11.7. The average Bonchev–Trinajstić information content (AvgIpc) is 2.94. The first-order chi connectivity index (χ1) is 7.78. The van der Waals surface area contributed by atoms with Crippen LogP contribution >= 0.6 is 11.3 Å². The zero-order chi connectivity index (χ0) is 11.4. The highest BCUT2D eigenvalue weighted by Gasteiger charge is 2.22. The molecule has 3 heteroatoms. The molecular weight excluding hydrogens is 216 g/mol. The Bertz CT molecular complexity index is 396. The molecule has 2 rings (SSSR count). The summed E-state index contributed by atoms with van der Waals surface area (Å²) in [4.78, 5) is 3.80. The maximum Gasteiger partial charge on any atom is 0.0555 e. The maximum atomic E-state index is 5.35. The van der Waals surface area contributed by atoms with Gasteiger partial charge in [0.05, 0.1) is 6.54 Å². The third kappa shape index (κ3) is 3.64. The van der Waals surface area contributed by atoms with Gasteiger partial charge in [0.2, 0.25) is 0 Å². The van der Waals surface area contributed by atoms with Crippen LogP contribution in [0.1, 0.15) is 23.3 Å². The predicted molar refractivity (Wildman–Crippen MR) is 69.3 cm³/mol. The lowest BCUT2D eigenvalue weighted by Crippen LogP contribution is -2.19. The molecule has 1 saturated carbocycles. The van der Waals surface area contributed by atoms with E-state index in [2.05, 4.69) is 35.2 Å². The van der Waals surface area contributed by atoms with Gasteiger partial charge in [0, 0.05) is 28.9 Å². The zero-order valence-corrected chi connectivity index (χ0v) is 10.5. The Morgan fingerprint density at radius 3 is 3.06 bits per heavy atom. The van der Waals surface area contributed by atoms with Crippen LogP contribution in [0.15, 0.2) is 11.4 Å². The van der Waals surface area contributed by atoms with E-state index in [1.165, 1.54) is 24.3 Å². The van der Waals surface area contributed by atoms with Gasteiger partial charge in [-0.3, -0.25) is 0 Å². The van der Waals surface area contributed by atoms with Crippen LogP contribution in [0.25, 0.3) is 0 Å². The lowest BCUT2D eigenvalue weighted by atomic mass is 10.3. The summed E-state index contributed by atoms with van der Waals surface area (Å²) in [5.74, 6) is 6.91. The predicted octanol–water partition coefficient (Wildman–Crippen LogP) is 1.90. The van der Waals surface area contributed by atoms with Crippen LogP contribution in [-0.2, 0) is 6.54 Å². The van der Waals surface area contributed by atoms with Gasteiger partial charge in [-0.15, -0.1) is 11.3 Å². The van der Waals surface area contributed by atoms with Crippen molar-refractivity contribution in [2.75, 3.05) is 20.1 Å². The fraction of sp³-hybridized carbons (Fsp3) is 0.538. The molecule has 2 nitrogen and oxygen atoms in total. The summed E-state index contributed by atoms with van der Waals surface area (Å²) >= 11 is 1.79. The summed E-state index contributed by atoms with van der Waals surface area (Å²) in [5, 5.41) is 2.11. The first-order valence-electron chi connectivity index (χ1n) is 5.73. The largest absolute Gasteiger partial charge is 0.320 e. The minimum Gasteiger partial charge on any atom is -0.320 e. The van der Waals surface area contributed by atoms with Crippen molar-refractivity contribution in [3.8, 4) is 11.8 Å². The number of hydrogen-bond acceptors (Lipinski definition) is 3. The third-order valence-corrected chi connectivity index (χ3v) is 3.60. The molecule has 86 valence electrons. The second-order valence-electron chi connectivity index (χ2n) is 4.45. The van der Waals surface area contributed by atoms with Gasteiger partial charge >= 0.3 is 0 Å². The number of thiophene rings is 1. The van der Waals surface area contributed by atoms with E-state index in [4.69, 9.17) is 5.73 Å². The second-order valence-corrected chi connectivity index (χ2v) is 5.44. The van der Waals surface area contributed by atoms with Gasteiger partial charge in [-0.05, 0) is 31.9 Å². The molecule has 0 bridgehead atoms. The first-order valence-corrected chi connectivity index (χ1v) is 6.61. The summed E-state index contributed by atoms with van der Waals surface area (Å²) in [6, 6.07) is 2.18. The molecule has 0 unspecified atom stereocenters. The van der Waals surface area contributed by atoms with E-state index in [1.54, 1.807) is 11.3 Å². The highest BCUT2D eigenvalue weighted by molar-refractivity contribution is 7.10. The average molecular weight is 234 g/mol. The van der Waals surface area contributed by atoms with E-state index in [0.29, 0.717) is 6.54 Å². The Balaban J connectivity index is 1.85. The minimum absolute atomic E-state index is 0.437. The van der Waals surface area contributed by atoms with Gasteiger partial charge in [-0.1, -0.05) is 11.8 Å². The van der Waals surface area contributed by atoms with Gasteiger partial charge in [0.1, 0.15) is 0 Å². The van der Waals surface area contributed by atoms with Gasteiger partial charge in [-0.25, -0.2) is 0 Å². The molecule has 1 aliphatic rings. The number of nitrogens with two attached hydrogens (primary N) is 1. The van der Waals surface area contributed by atoms with E-state index < -0.39 is 0 Å². The lowest BCUT2D eigenvalue weighted by Gasteiger charge is -2.14. The topological polar surface area (TPSA) is 29.3 Å². The van der Waals surface area contributed by atoms with Gasteiger partial charge < -0.3 is 10.6 Å². The molecule has 0 amide bonds. The zero-order valence-electron chi connectivity index (χ0n) is 9.70. The van der Waals surface area contributed by atoms with Crippen molar-refractivity contribution in [3.63, 3.8) is 0 Å². The van der Waals surface area contributed by atoms with E-state index in [9.17, 15) is 0 Å². The van der Waals surface area contributed by atoms with Crippen LogP contribution in [0.4, 0.5) is 0 Å². The molecule has 1 aromatic rings. The molecule has 16 heavy (non-hydrogen) atoms. The van der Waals surface area contributed by atoms with Crippen molar-refractivity contribution in [3.05, 3.63) is 21.9 Å². The molecule has 0 aromatic carbocycles. The number of rotatable bonds is 4. The number of hydrogen-bond donors (Lipinski definition) is 1. The highest BCUT2D eigenvalue weighted by atomic mass is 32.1. The monoisotopic (exact) mass is 234 g/mol. The molecule has 1 aromatic heterocycles. The van der Waals surface area contributed by atoms with E-state index in [-0.39, 0.29) is 0 Å². The molecule has 1 heterocycles. The van der Waals surface area contributed by atoms with Crippen molar-refractivity contribution in [1.29, 1.82) is 0 Å². The third-order valence-electron chi connectivity index (χ3n) is 2.68. The van der Waals surface area contributed by atoms with Crippen molar-refractivity contribution in [1.82, 2.24) is 4.90 Å². The Morgan fingerprint density at radius 2 is 2.38 bits per heavy atom. The second kappa shape index (κ2) is 5.49. The molecule has 1 fully saturated rings. The van der Waals surface area contributed by atoms with Crippen LogP contribution < -0.4 is 5.73 Å². The van der Waals surface area contributed by atoms with Gasteiger partial charge in [0.15, 0.2) is 0 Å². The smallest absolute Gasteiger partial charge is 0.0555 e. The summed E-state index contributed by atoms with van der Waals surface area (Å²) in [7, 11) is 2.20.